The molecule has 3 rings (SSSR count). The number of nitrogens with zero attached hydrogens (tertiary/aromatic N) is 1. The molecule has 0 unspecified atom stereocenters. The van der Waals surface area contributed by atoms with Crippen molar-refractivity contribution >= 4 is 22.2 Å². The maximum atomic E-state index is 4.68. The summed E-state index contributed by atoms with van der Waals surface area (Å²) in [4.78, 5) is 4.68. The van der Waals surface area contributed by atoms with Gasteiger partial charge in [-0.25, -0.2) is 4.98 Å². The van der Waals surface area contributed by atoms with Gasteiger partial charge in [-0.3, -0.25) is 0 Å². The number of thiazole rings is 1. The van der Waals surface area contributed by atoms with E-state index in [0.717, 1.165) is 22.1 Å². The first kappa shape index (κ1) is 14.8. The number of aromatic nitrogens is 1. The smallest absolute Gasteiger partial charge is 0.187 e. The third-order valence-corrected chi connectivity index (χ3v) is 4.33. The number of nitrogens with one attached hydrogen (secondary N) is 1. The zero-order valence-electron chi connectivity index (χ0n) is 13.1. The third kappa shape index (κ3) is 3.37. The predicted octanol–water partition coefficient (Wildman–Crippen LogP) is 5.85. The Kier molecular flexibility index (Phi) is 3.99. The molecule has 0 aliphatic carbocycles. The number of rotatable bonds is 3. The van der Waals surface area contributed by atoms with Crippen LogP contribution in [0.1, 0.15) is 26.3 Å². The molecule has 0 aliphatic heterocycles. The predicted molar refractivity (Wildman–Crippen MR) is 96.0 cm³/mol. The first-order chi connectivity index (χ1) is 10.5. The Morgan fingerprint density at radius 1 is 0.909 bits per heavy atom. The highest BCUT2D eigenvalue weighted by atomic mass is 32.1. The molecule has 3 aromatic rings. The number of hydrogen-bond acceptors (Lipinski definition) is 3. The Bertz CT molecular complexity index is 737. The first-order valence-electron chi connectivity index (χ1n) is 7.41. The van der Waals surface area contributed by atoms with E-state index >= 15 is 0 Å². The lowest BCUT2D eigenvalue weighted by atomic mass is 9.86. The zero-order chi connectivity index (χ0) is 15.6. The second-order valence-electron chi connectivity index (χ2n) is 6.36. The Morgan fingerprint density at radius 3 is 2.23 bits per heavy atom. The summed E-state index contributed by atoms with van der Waals surface area (Å²) in [6.45, 7) is 6.69. The molecule has 0 spiro atoms. The summed E-state index contributed by atoms with van der Waals surface area (Å²) in [6.07, 6.45) is 0. The van der Waals surface area contributed by atoms with Gasteiger partial charge in [0.25, 0.3) is 0 Å². The average Bonchev–Trinajstić information content (AvgIpc) is 2.96. The molecule has 1 N–H and O–H groups in total. The van der Waals surface area contributed by atoms with E-state index in [-0.39, 0.29) is 5.41 Å². The standard InChI is InChI=1S/C19H20N2S/c1-19(2,3)15-11-9-14(10-12-15)17-13-22-18(21-17)20-16-7-5-4-6-8-16/h4-13H,1-3H3,(H,20,21). The molecule has 0 fully saturated rings. The van der Waals surface area contributed by atoms with Crippen molar-refractivity contribution in [3.63, 3.8) is 0 Å². The van der Waals surface area contributed by atoms with Crippen LogP contribution in [0.15, 0.2) is 60.0 Å². The summed E-state index contributed by atoms with van der Waals surface area (Å²) in [6, 6.07) is 18.8. The second-order valence-corrected chi connectivity index (χ2v) is 7.21. The van der Waals surface area contributed by atoms with Gasteiger partial charge >= 0.3 is 0 Å². The molecule has 3 heteroatoms. The van der Waals surface area contributed by atoms with Gasteiger partial charge in [-0.1, -0.05) is 63.2 Å². The number of hydrogen-bond donors (Lipinski definition) is 1. The minimum Gasteiger partial charge on any atom is -0.332 e. The Hall–Kier alpha value is -2.13. The molecular weight excluding hydrogens is 288 g/mol. The monoisotopic (exact) mass is 308 g/mol. The summed E-state index contributed by atoms with van der Waals surface area (Å²) in [5.74, 6) is 0. The van der Waals surface area contributed by atoms with E-state index in [9.17, 15) is 0 Å². The van der Waals surface area contributed by atoms with Crippen LogP contribution in [0.25, 0.3) is 11.3 Å². The normalized spacial score (nSPS) is 11.4. The van der Waals surface area contributed by atoms with Gasteiger partial charge in [0.1, 0.15) is 0 Å². The van der Waals surface area contributed by atoms with Gasteiger partial charge in [0.15, 0.2) is 5.13 Å². The van der Waals surface area contributed by atoms with Crippen LogP contribution in [0, 0.1) is 0 Å². The average molecular weight is 308 g/mol. The van der Waals surface area contributed by atoms with E-state index in [1.807, 2.05) is 30.3 Å². The summed E-state index contributed by atoms with van der Waals surface area (Å²) in [5, 5.41) is 6.35. The zero-order valence-corrected chi connectivity index (χ0v) is 13.9. The van der Waals surface area contributed by atoms with E-state index < -0.39 is 0 Å². The van der Waals surface area contributed by atoms with E-state index in [4.69, 9.17) is 0 Å². The maximum absolute atomic E-state index is 4.68. The van der Waals surface area contributed by atoms with Crippen molar-refractivity contribution in [1.29, 1.82) is 0 Å². The number of anilines is 2. The SMILES string of the molecule is CC(C)(C)c1ccc(-c2csc(Nc3ccccc3)n2)cc1. The lowest BCUT2D eigenvalue weighted by Gasteiger charge is -2.18. The summed E-state index contributed by atoms with van der Waals surface area (Å²) in [7, 11) is 0. The molecule has 22 heavy (non-hydrogen) atoms. The molecule has 0 saturated carbocycles. The molecule has 0 atom stereocenters. The number of para-hydroxylation sites is 1. The summed E-state index contributed by atoms with van der Waals surface area (Å²) >= 11 is 1.63. The van der Waals surface area contributed by atoms with Crippen LogP contribution in [0.4, 0.5) is 10.8 Å². The minimum atomic E-state index is 0.181. The topological polar surface area (TPSA) is 24.9 Å². The van der Waals surface area contributed by atoms with E-state index in [1.165, 1.54) is 5.56 Å². The Morgan fingerprint density at radius 2 is 1.59 bits per heavy atom. The molecule has 0 amide bonds. The first-order valence-corrected chi connectivity index (χ1v) is 8.29. The van der Waals surface area contributed by atoms with Gasteiger partial charge in [-0.15, -0.1) is 11.3 Å². The van der Waals surface area contributed by atoms with Gasteiger partial charge in [-0.2, -0.15) is 0 Å². The second kappa shape index (κ2) is 5.93. The van der Waals surface area contributed by atoms with Crippen molar-refractivity contribution in [3.05, 3.63) is 65.5 Å². The molecule has 0 radical (unpaired) electrons. The molecule has 2 aromatic carbocycles. The van der Waals surface area contributed by atoms with Crippen LogP contribution >= 0.6 is 11.3 Å². The molecule has 2 nitrogen and oxygen atoms in total. The quantitative estimate of drug-likeness (QED) is 0.656. The molecule has 0 saturated heterocycles. The Labute approximate surface area is 135 Å². The summed E-state index contributed by atoms with van der Waals surface area (Å²) < 4.78 is 0. The third-order valence-electron chi connectivity index (χ3n) is 3.58. The van der Waals surface area contributed by atoms with E-state index in [0.29, 0.717) is 0 Å². The Balaban J connectivity index is 1.79. The van der Waals surface area contributed by atoms with Crippen LogP contribution in [0.3, 0.4) is 0 Å². The van der Waals surface area contributed by atoms with E-state index in [2.05, 4.69) is 60.7 Å². The molecule has 0 bridgehead atoms. The minimum absolute atomic E-state index is 0.181. The summed E-state index contributed by atoms with van der Waals surface area (Å²) in [5.41, 5.74) is 4.76. The van der Waals surface area contributed by atoms with E-state index in [1.54, 1.807) is 11.3 Å². The van der Waals surface area contributed by atoms with Gasteiger partial charge in [-0.05, 0) is 23.1 Å². The fourth-order valence-electron chi connectivity index (χ4n) is 2.25. The van der Waals surface area contributed by atoms with Gasteiger partial charge < -0.3 is 5.32 Å². The van der Waals surface area contributed by atoms with Gasteiger partial charge in [0.2, 0.25) is 0 Å². The van der Waals surface area contributed by atoms with Gasteiger partial charge in [0, 0.05) is 16.6 Å². The van der Waals surface area contributed by atoms with Crippen LogP contribution in [-0.4, -0.2) is 4.98 Å². The molecular formula is C19H20N2S. The van der Waals surface area contributed by atoms with Crippen LogP contribution in [-0.2, 0) is 5.41 Å². The molecule has 1 heterocycles. The molecule has 0 aliphatic rings. The largest absolute Gasteiger partial charge is 0.332 e. The van der Waals surface area contributed by atoms with Crippen LogP contribution in [0.2, 0.25) is 0 Å². The van der Waals surface area contributed by atoms with Crippen molar-refractivity contribution in [2.45, 2.75) is 26.2 Å². The highest BCUT2D eigenvalue weighted by Crippen LogP contribution is 2.29. The maximum Gasteiger partial charge on any atom is 0.187 e. The van der Waals surface area contributed by atoms with Gasteiger partial charge in [0.05, 0.1) is 5.69 Å². The fourth-order valence-corrected chi connectivity index (χ4v) is 2.99. The van der Waals surface area contributed by atoms with Crippen molar-refractivity contribution in [1.82, 2.24) is 4.98 Å². The van der Waals surface area contributed by atoms with Crippen molar-refractivity contribution in [2.75, 3.05) is 5.32 Å². The van der Waals surface area contributed by atoms with Crippen molar-refractivity contribution in [2.24, 2.45) is 0 Å². The fraction of sp³-hybridized carbons (Fsp3) is 0.211. The molecule has 112 valence electrons. The van der Waals surface area contributed by atoms with Crippen LogP contribution in [0.5, 0.6) is 0 Å². The lowest BCUT2D eigenvalue weighted by molar-refractivity contribution is 0.590. The number of benzene rings is 2. The van der Waals surface area contributed by atoms with Crippen molar-refractivity contribution < 1.29 is 0 Å². The van der Waals surface area contributed by atoms with Crippen molar-refractivity contribution in [3.8, 4) is 11.3 Å². The highest BCUT2D eigenvalue weighted by Gasteiger charge is 2.13. The van der Waals surface area contributed by atoms with Crippen LogP contribution < -0.4 is 5.32 Å². The molecule has 1 aromatic heterocycles. The lowest BCUT2D eigenvalue weighted by Crippen LogP contribution is -2.10. The highest BCUT2D eigenvalue weighted by molar-refractivity contribution is 7.14.